The summed E-state index contributed by atoms with van der Waals surface area (Å²) in [4.78, 5) is 1.83. The van der Waals surface area contributed by atoms with E-state index in [1.807, 2.05) is 17.8 Å². The number of ether oxygens (including phenoxy) is 1. The summed E-state index contributed by atoms with van der Waals surface area (Å²) in [7, 11) is 0. The van der Waals surface area contributed by atoms with Crippen LogP contribution in [0.1, 0.15) is 76.8 Å². The fraction of sp³-hybridized carbons (Fsp3) is 0.556. The lowest BCUT2D eigenvalue weighted by molar-refractivity contribution is 0.340. The molecule has 0 aliphatic rings. The second kappa shape index (κ2) is 13.2. The molecule has 0 spiro atoms. The first kappa shape index (κ1) is 24.2. The van der Waals surface area contributed by atoms with Crippen LogP contribution >= 0.6 is 0 Å². The number of nitrogens with one attached hydrogen (secondary N) is 1. The lowest BCUT2D eigenvalue weighted by atomic mass is 10.1. The Morgan fingerprint density at radius 3 is 2.41 bits per heavy atom. The highest BCUT2D eigenvalue weighted by Gasteiger charge is 2.13. The SMILES string of the molecule is CCCCNCCCCCc1ccccc1-n1nc2cc(OCC)cc(CCCC)c2n1. The van der Waals surface area contributed by atoms with E-state index in [0.29, 0.717) is 6.61 Å². The molecule has 0 aliphatic heterocycles. The van der Waals surface area contributed by atoms with Crippen molar-refractivity contribution >= 4 is 11.0 Å². The van der Waals surface area contributed by atoms with Crippen LogP contribution in [0.5, 0.6) is 5.75 Å². The van der Waals surface area contributed by atoms with Crippen molar-refractivity contribution in [2.24, 2.45) is 0 Å². The first-order valence-corrected chi connectivity index (χ1v) is 12.6. The number of hydrogen-bond acceptors (Lipinski definition) is 4. The quantitative estimate of drug-likeness (QED) is 0.286. The minimum atomic E-state index is 0.657. The van der Waals surface area contributed by atoms with Gasteiger partial charge in [0, 0.05) is 6.07 Å². The summed E-state index contributed by atoms with van der Waals surface area (Å²) < 4.78 is 5.80. The van der Waals surface area contributed by atoms with E-state index in [1.165, 1.54) is 43.2 Å². The van der Waals surface area contributed by atoms with Crippen LogP contribution < -0.4 is 10.1 Å². The predicted molar refractivity (Wildman–Crippen MR) is 134 cm³/mol. The molecule has 5 nitrogen and oxygen atoms in total. The maximum atomic E-state index is 5.80. The summed E-state index contributed by atoms with van der Waals surface area (Å²) in [6.07, 6.45) is 10.5. The monoisotopic (exact) mass is 436 g/mol. The zero-order chi connectivity index (χ0) is 22.6. The van der Waals surface area contributed by atoms with Crippen LogP contribution in [0, 0.1) is 0 Å². The highest BCUT2D eigenvalue weighted by molar-refractivity contribution is 5.80. The molecule has 1 N–H and O–H groups in total. The van der Waals surface area contributed by atoms with Gasteiger partial charge in [-0.05, 0) is 81.8 Å². The van der Waals surface area contributed by atoms with Crippen molar-refractivity contribution in [3.63, 3.8) is 0 Å². The smallest absolute Gasteiger partial charge is 0.121 e. The average Bonchev–Trinajstić information content (AvgIpc) is 3.24. The van der Waals surface area contributed by atoms with E-state index in [0.717, 1.165) is 61.2 Å². The van der Waals surface area contributed by atoms with Crippen LogP contribution in [-0.4, -0.2) is 34.7 Å². The number of hydrogen-bond donors (Lipinski definition) is 1. The van der Waals surface area contributed by atoms with Crippen molar-refractivity contribution in [2.45, 2.75) is 78.6 Å². The van der Waals surface area contributed by atoms with Gasteiger partial charge in [-0.2, -0.15) is 4.80 Å². The summed E-state index contributed by atoms with van der Waals surface area (Å²) >= 11 is 0. The Bertz CT molecular complexity index is 950. The third kappa shape index (κ3) is 6.80. The van der Waals surface area contributed by atoms with Crippen molar-refractivity contribution in [1.29, 1.82) is 0 Å². The Kier molecular flexibility index (Phi) is 10.0. The largest absolute Gasteiger partial charge is 0.494 e. The van der Waals surface area contributed by atoms with Crippen molar-refractivity contribution in [3.8, 4) is 11.4 Å². The second-order valence-electron chi connectivity index (χ2n) is 8.52. The van der Waals surface area contributed by atoms with Gasteiger partial charge < -0.3 is 10.1 Å². The van der Waals surface area contributed by atoms with Crippen LogP contribution in [0.15, 0.2) is 36.4 Å². The molecule has 0 fully saturated rings. The molecule has 0 atom stereocenters. The molecule has 1 aromatic heterocycles. The van der Waals surface area contributed by atoms with Crippen molar-refractivity contribution in [1.82, 2.24) is 20.3 Å². The maximum absolute atomic E-state index is 5.80. The van der Waals surface area contributed by atoms with Gasteiger partial charge in [0.05, 0.1) is 12.3 Å². The Labute approximate surface area is 193 Å². The molecule has 0 amide bonds. The molecule has 3 rings (SSSR count). The van der Waals surface area contributed by atoms with Gasteiger partial charge in [0.15, 0.2) is 0 Å². The van der Waals surface area contributed by atoms with Gasteiger partial charge in [-0.3, -0.25) is 0 Å². The zero-order valence-corrected chi connectivity index (χ0v) is 20.2. The van der Waals surface area contributed by atoms with E-state index in [9.17, 15) is 0 Å². The fourth-order valence-electron chi connectivity index (χ4n) is 4.06. The van der Waals surface area contributed by atoms with Gasteiger partial charge in [-0.25, -0.2) is 0 Å². The molecule has 5 heteroatoms. The molecule has 0 aliphatic carbocycles. The van der Waals surface area contributed by atoms with Crippen LogP contribution in [0.2, 0.25) is 0 Å². The van der Waals surface area contributed by atoms with E-state index in [2.05, 4.69) is 49.5 Å². The maximum Gasteiger partial charge on any atom is 0.121 e. The number of aromatic nitrogens is 3. The number of nitrogens with zero attached hydrogens (tertiary/aromatic N) is 3. The zero-order valence-electron chi connectivity index (χ0n) is 20.2. The van der Waals surface area contributed by atoms with Crippen molar-refractivity contribution in [3.05, 3.63) is 47.5 Å². The Morgan fingerprint density at radius 2 is 1.59 bits per heavy atom. The summed E-state index contributed by atoms with van der Waals surface area (Å²) in [6, 6.07) is 12.7. The normalized spacial score (nSPS) is 11.3. The molecule has 1 heterocycles. The first-order valence-electron chi connectivity index (χ1n) is 12.6. The Hall–Kier alpha value is -2.40. The van der Waals surface area contributed by atoms with Gasteiger partial charge in [0.25, 0.3) is 0 Å². The van der Waals surface area contributed by atoms with Crippen molar-refractivity contribution in [2.75, 3.05) is 19.7 Å². The highest BCUT2D eigenvalue weighted by atomic mass is 16.5. The Morgan fingerprint density at radius 1 is 0.812 bits per heavy atom. The summed E-state index contributed by atoms with van der Waals surface area (Å²) in [6.45, 7) is 9.39. The van der Waals surface area contributed by atoms with Gasteiger partial charge >= 0.3 is 0 Å². The number of aryl methyl sites for hydroxylation is 2. The fourth-order valence-corrected chi connectivity index (χ4v) is 4.06. The standard InChI is InChI=1S/C27H40N4O/c1-4-7-14-23-20-24(32-6-3)21-25-27(23)30-31(29-25)26-17-12-11-16-22(26)15-10-9-13-19-28-18-8-5-2/h11-12,16-17,20-21,28H,4-10,13-15,18-19H2,1-3H3. The van der Waals surface area contributed by atoms with Gasteiger partial charge in [-0.15, -0.1) is 10.2 Å². The average molecular weight is 437 g/mol. The molecule has 0 unspecified atom stereocenters. The summed E-state index contributed by atoms with van der Waals surface area (Å²) in [5.41, 5.74) is 5.54. The number of fused-ring (bicyclic) bond motifs is 1. The molecule has 174 valence electrons. The predicted octanol–water partition coefficient (Wildman–Crippen LogP) is 6.26. The van der Waals surface area contributed by atoms with E-state index in [4.69, 9.17) is 14.9 Å². The molecule has 3 aromatic rings. The van der Waals surface area contributed by atoms with Gasteiger partial charge in [-0.1, -0.05) is 51.3 Å². The van der Waals surface area contributed by atoms with Gasteiger partial charge in [0.1, 0.15) is 16.8 Å². The minimum absolute atomic E-state index is 0.657. The molecule has 32 heavy (non-hydrogen) atoms. The van der Waals surface area contributed by atoms with Crippen LogP contribution in [0.4, 0.5) is 0 Å². The molecule has 0 saturated carbocycles. The number of unbranched alkanes of at least 4 members (excludes halogenated alkanes) is 4. The summed E-state index contributed by atoms with van der Waals surface area (Å²) in [5, 5.41) is 13.3. The molecule has 0 saturated heterocycles. The summed E-state index contributed by atoms with van der Waals surface area (Å²) in [5.74, 6) is 0.888. The third-order valence-electron chi connectivity index (χ3n) is 5.86. The first-order chi connectivity index (χ1) is 15.8. The molecule has 0 radical (unpaired) electrons. The highest BCUT2D eigenvalue weighted by Crippen LogP contribution is 2.26. The lowest BCUT2D eigenvalue weighted by Gasteiger charge is -2.08. The third-order valence-corrected chi connectivity index (χ3v) is 5.86. The van der Waals surface area contributed by atoms with Crippen LogP contribution in [0.3, 0.4) is 0 Å². The van der Waals surface area contributed by atoms with Crippen LogP contribution in [0.25, 0.3) is 16.7 Å². The molecular formula is C27H40N4O. The minimum Gasteiger partial charge on any atom is -0.494 e. The molecule has 0 bridgehead atoms. The van der Waals surface area contributed by atoms with E-state index in [-0.39, 0.29) is 0 Å². The lowest BCUT2D eigenvalue weighted by Crippen LogP contribution is -2.16. The van der Waals surface area contributed by atoms with Crippen molar-refractivity contribution < 1.29 is 4.74 Å². The van der Waals surface area contributed by atoms with Gasteiger partial charge in [0.2, 0.25) is 0 Å². The topological polar surface area (TPSA) is 52.0 Å². The van der Waals surface area contributed by atoms with E-state index < -0.39 is 0 Å². The van der Waals surface area contributed by atoms with E-state index >= 15 is 0 Å². The number of para-hydroxylation sites is 1. The molecular weight excluding hydrogens is 396 g/mol. The van der Waals surface area contributed by atoms with E-state index in [1.54, 1.807) is 0 Å². The molecule has 2 aromatic carbocycles. The second-order valence-corrected chi connectivity index (χ2v) is 8.52. The van der Waals surface area contributed by atoms with Crippen LogP contribution in [-0.2, 0) is 12.8 Å². The number of rotatable bonds is 15. The Balaban J connectivity index is 1.72. The number of benzene rings is 2.